The number of carbonyl (C=O) groups is 3. The Morgan fingerprint density at radius 3 is 2.36 bits per heavy atom. The van der Waals surface area contributed by atoms with Crippen LogP contribution in [0.25, 0.3) is 10.4 Å². The average molecular weight is 1010 g/mol. The Labute approximate surface area is 420 Å². The molecule has 4 atom stereocenters. The fraction of sp³-hybridized carbons (Fsp3) is 0.451. The highest BCUT2D eigenvalue weighted by Crippen LogP contribution is 2.39. The minimum Gasteiger partial charge on any atom is -0.494 e. The van der Waals surface area contributed by atoms with Crippen molar-refractivity contribution in [2.75, 3.05) is 75.2 Å². The van der Waals surface area contributed by atoms with Crippen LogP contribution in [-0.4, -0.2) is 125 Å². The van der Waals surface area contributed by atoms with Crippen LogP contribution >= 0.6 is 30.1 Å². The van der Waals surface area contributed by atoms with Crippen LogP contribution in [0, 0.1) is 12.3 Å². The van der Waals surface area contributed by atoms with E-state index in [1.54, 1.807) is 31.8 Å². The maximum atomic E-state index is 14.2. The zero-order chi connectivity index (χ0) is 50.3. The normalized spacial score (nSPS) is 17.5. The number of thiazole rings is 1. The summed E-state index contributed by atoms with van der Waals surface area (Å²) in [4.78, 5) is 61.9. The van der Waals surface area contributed by atoms with Crippen molar-refractivity contribution >= 4 is 81.9 Å². The van der Waals surface area contributed by atoms with Gasteiger partial charge in [0.05, 0.1) is 52.9 Å². The molecule has 0 unspecified atom stereocenters. The maximum absolute atomic E-state index is 14.2. The number of ether oxygens (including phenoxy) is 1. The Hall–Kier alpha value is -5.58. The number of aliphatic hydroxyl groups is 1. The van der Waals surface area contributed by atoms with Gasteiger partial charge in [-0.3, -0.25) is 19.3 Å². The minimum atomic E-state index is -2.57. The van der Waals surface area contributed by atoms with Crippen LogP contribution in [0.2, 0.25) is 5.02 Å². The zero-order valence-electron chi connectivity index (χ0n) is 41.3. The number of nitrogens with zero attached hydrogens (tertiary/aromatic N) is 6. The number of likely N-dealkylation sites (tertiary alicyclic amines) is 1. The predicted molar refractivity (Wildman–Crippen MR) is 281 cm³/mol. The standard InChI is InChI=1S/C51H66ClN10O6PS/c1-32(34-16-18-35(19-17-34)45-33(2)54-31-70-45)55-48(65)41-28-37(63)30-62(41)49(66)46(51(3,4)5)58-44(64)15-11-12-22-60-23-25-61(26-24-60)36-20-21-39(42(27-36)68-6)57-50-53-29-38(52)47(59-50)56-40-13-9-10-14-43(40)69(7,8)67/h9-10,13-14,16-21,27,29,31-32,37,41,46,63H,11-12,15,22-26,28,30H2,1-8H3,(H,55,65)(H,58,64)(H2,53,56,57,59)/t32-,37+,41-,46+/m0/s1. The van der Waals surface area contributed by atoms with E-state index in [9.17, 15) is 24.1 Å². The van der Waals surface area contributed by atoms with Gasteiger partial charge in [-0.2, -0.15) is 4.98 Å². The van der Waals surface area contributed by atoms with E-state index in [2.05, 4.69) is 46.0 Å². The second-order valence-corrected chi connectivity index (χ2v) is 24.0. The Kier molecular flexibility index (Phi) is 16.9. The van der Waals surface area contributed by atoms with Gasteiger partial charge in [-0.1, -0.05) is 68.8 Å². The Balaban J connectivity index is 0.864. The number of anilines is 5. The Morgan fingerprint density at radius 1 is 0.957 bits per heavy atom. The fourth-order valence-corrected chi connectivity index (χ4v) is 11.0. The van der Waals surface area contributed by atoms with E-state index >= 15 is 0 Å². The number of hydrogen-bond acceptors (Lipinski definition) is 14. The number of rotatable bonds is 18. The summed E-state index contributed by atoms with van der Waals surface area (Å²) < 4.78 is 18.7. The van der Waals surface area contributed by atoms with Gasteiger partial charge in [0.1, 0.15) is 30.0 Å². The lowest BCUT2D eigenvalue weighted by Crippen LogP contribution is -2.57. The fourth-order valence-electron chi connectivity index (χ4n) is 8.89. The average Bonchev–Trinajstić information content (AvgIpc) is 3.95. The Morgan fingerprint density at radius 2 is 1.69 bits per heavy atom. The number of piperazine rings is 1. The second-order valence-electron chi connectivity index (χ2n) is 19.6. The molecule has 3 aromatic carbocycles. The SMILES string of the molecule is COc1cc(N2CCN(CCCCC(=O)N[C@H](C(=O)N3C[C@H](O)C[C@H]3C(=O)N[C@@H](C)c3ccc(-c4scnc4C)cc3)C(C)(C)C)CC2)ccc1Nc1ncc(Cl)c(Nc2ccccc2P(C)(C)=O)n1. The zero-order valence-corrected chi connectivity index (χ0v) is 43.8. The molecule has 70 heavy (non-hydrogen) atoms. The first-order valence-corrected chi connectivity index (χ1v) is 27.6. The number of para-hydroxylation sites is 1. The molecule has 374 valence electrons. The van der Waals surface area contributed by atoms with Gasteiger partial charge in [-0.25, -0.2) is 9.97 Å². The molecule has 16 nitrogen and oxygen atoms in total. The first-order valence-electron chi connectivity index (χ1n) is 23.7. The summed E-state index contributed by atoms with van der Waals surface area (Å²) in [5.74, 6) is 0.374. The highest BCUT2D eigenvalue weighted by atomic mass is 35.5. The van der Waals surface area contributed by atoms with E-state index in [-0.39, 0.29) is 43.1 Å². The van der Waals surface area contributed by atoms with Crippen molar-refractivity contribution in [1.29, 1.82) is 0 Å². The van der Waals surface area contributed by atoms with Crippen LogP contribution in [0.15, 0.2) is 78.4 Å². The van der Waals surface area contributed by atoms with Crippen molar-refractivity contribution in [3.63, 3.8) is 0 Å². The number of benzene rings is 3. The number of nitrogens with one attached hydrogen (secondary N) is 4. The van der Waals surface area contributed by atoms with Crippen LogP contribution in [-0.2, 0) is 18.9 Å². The third-order valence-corrected chi connectivity index (χ3v) is 15.6. The molecule has 0 spiro atoms. The van der Waals surface area contributed by atoms with Crippen molar-refractivity contribution in [2.45, 2.75) is 84.5 Å². The molecule has 4 heterocycles. The molecule has 2 aliphatic heterocycles. The lowest BCUT2D eigenvalue weighted by Gasteiger charge is -2.36. The maximum Gasteiger partial charge on any atom is 0.246 e. The van der Waals surface area contributed by atoms with E-state index in [0.717, 1.165) is 66.5 Å². The molecule has 3 amide bonds. The molecule has 0 aliphatic carbocycles. The van der Waals surface area contributed by atoms with E-state index < -0.39 is 30.7 Å². The Bertz CT molecular complexity index is 2690. The van der Waals surface area contributed by atoms with E-state index in [4.69, 9.17) is 16.3 Å². The van der Waals surface area contributed by atoms with Crippen LogP contribution in [0.1, 0.15) is 70.7 Å². The van der Waals surface area contributed by atoms with Gasteiger partial charge in [0.2, 0.25) is 23.7 Å². The van der Waals surface area contributed by atoms with Crippen LogP contribution in [0.3, 0.4) is 0 Å². The first kappa shape index (κ1) is 52.2. The van der Waals surface area contributed by atoms with Crippen molar-refractivity contribution in [2.24, 2.45) is 5.41 Å². The number of methoxy groups -OCH3 is 1. The lowest BCUT2D eigenvalue weighted by atomic mass is 9.85. The number of unbranched alkanes of at least 4 members (excludes halogenated alkanes) is 1. The quantitative estimate of drug-likeness (QED) is 0.0420. The third kappa shape index (κ3) is 13.0. The lowest BCUT2D eigenvalue weighted by molar-refractivity contribution is -0.144. The van der Waals surface area contributed by atoms with E-state index in [0.29, 0.717) is 45.6 Å². The summed E-state index contributed by atoms with van der Waals surface area (Å²) in [6.45, 7) is 17.2. The number of aromatic nitrogens is 3. The second kappa shape index (κ2) is 22.7. The topological polar surface area (TPSA) is 194 Å². The third-order valence-electron chi connectivity index (χ3n) is 12.8. The van der Waals surface area contributed by atoms with Gasteiger partial charge in [0, 0.05) is 62.6 Å². The number of carbonyl (C=O) groups excluding carboxylic acids is 3. The number of hydrogen-bond donors (Lipinski definition) is 5. The molecule has 2 aliphatic rings. The highest BCUT2D eigenvalue weighted by Gasteiger charge is 2.44. The largest absolute Gasteiger partial charge is 0.494 e. The minimum absolute atomic E-state index is 0.0149. The predicted octanol–water partition coefficient (Wildman–Crippen LogP) is 7.97. The number of aliphatic hydroxyl groups excluding tert-OH is 1. The summed E-state index contributed by atoms with van der Waals surface area (Å²) in [6, 6.07) is 19.3. The summed E-state index contributed by atoms with van der Waals surface area (Å²) >= 11 is 8.07. The number of β-amino-alcohol motifs (C(OH)–C–C–N with tert-alkyl or cyclic N) is 1. The van der Waals surface area contributed by atoms with Gasteiger partial charge in [-0.05, 0) is 87.4 Å². The van der Waals surface area contributed by atoms with Gasteiger partial charge in [0.25, 0.3) is 0 Å². The molecule has 5 N–H and O–H groups in total. The van der Waals surface area contributed by atoms with Crippen LogP contribution in [0.4, 0.5) is 28.8 Å². The monoisotopic (exact) mass is 1010 g/mol. The number of amides is 3. The summed E-state index contributed by atoms with van der Waals surface area (Å²) in [5.41, 5.74) is 6.49. The van der Waals surface area contributed by atoms with Crippen LogP contribution < -0.4 is 36.2 Å². The molecule has 0 radical (unpaired) electrons. The highest BCUT2D eigenvalue weighted by molar-refractivity contribution is 7.70. The molecule has 2 aromatic heterocycles. The summed E-state index contributed by atoms with van der Waals surface area (Å²) in [6.07, 6.45) is 2.51. The summed E-state index contributed by atoms with van der Waals surface area (Å²) in [5, 5.41) is 24.3. The van der Waals surface area contributed by atoms with Crippen molar-refractivity contribution < 1.29 is 28.8 Å². The molecule has 5 aromatic rings. The van der Waals surface area contributed by atoms with Crippen LogP contribution in [0.5, 0.6) is 5.75 Å². The first-order chi connectivity index (χ1) is 33.3. The molecule has 2 fully saturated rings. The van der Waals surface area contributed by atoms with E-state index in [1.807, 2.05) is 107 Å². The number of halogens is 1. The van der Waals surface area contributed by atoms with Gasteiger partial charge < -0.3 is 45.5 Å². The molecule has 2 saturated heterocycles. The molecule has 7 rings (SSSR count). The van der Waals surface area contributed by atoms with Gasteiger partial charge in [0.15, 0.2) is 5.82 Å². The molecule has 0 bridgehead atoms. The molecular weight excluding hydrogens is 947 g/mol. The summed E-state index contributed by atoms with van der Waals surface area (Å²) in [7, 11) is -0.953. The van der Waals surface area contributed by atoms with Gasteiger partial charge >= 0.3 is 0 Å². The molecular formula is C51H66ClN10O6PS. The van der Waals surface area contributed by atoms with Gasteiger partial charge in [-0.15, -0.1) is 11.3 Å². The van der Waals surface area contributed by atoms with Crippen molar-refractivity contribution in [1.82, 2.24) is 35.4 Å². The molecule has 0 saturated carbocycles. The molecule has 19 heteroatoms. The van der Waals surface area contributed by atoms with Crippen molar-refractivity contribution in [3.05, 3.63) is 94.7 Å². The number of aryl methyl sites for hydroxylation is 1. The smallest absolute Gasteiger partial charge is 0.246 e. The van der Waals surface area contributed by atoms with Crippen molar-refractivity contribution in [3.8, 4) is 16.2 Å². The van der Waals surface area contributed by atoms with E-state index in [1.165, 1.54) is 11.1 Å².